The molecular formula is C21H28N4OS. The summed E-state index contributed by atoms with van der Waals surface area (Å²) in [6.07, 6.45) is 8.06. The van der Waals surface area contributed by atoms with Crippen LogP contribution >= 0.6 is 11.8 Å². The lowest BCUT2D eigenvalue weighted by Gasteiger charge is -2.35. The molecule has 0 saturated carbocycles. The number of nitrogens with zero attached hydrogens (tertiary/aromatic N) is 4. The summed E-state index contributed by atoms with van der Waals surface area (Å²) in [5, 5.41) is 9.54. The molecule has 5 nitrogen and oxygen atoms in total. The summed E-state index contributed by atoms with van der Waals surface area (Å²) in [5.74, 6) is 2.19. The van der Waals surface area contributed by atoms with Crippen LogP contribution in [-0.2, 0) is 31.1 Å². The van der Waals surface area contributed by atoms with E-state index in [1.54, 1.807) is 11.8 Å². The number of piperidine rings is 1. The van der Waals surface area contributed by atoms with Gasteiger partial charge in [-0.1, -0.05) is 36.0 Å². The number of likely N-dealkylation sites (tertiary alicyclic amines) is 1. The minimum absolute atomic E-state index is 0.166. The fraction of sp³-hybridized carbons (Fsp3) is 0.571. The number of amides is 1. The second-order valence-electron chi connectivity index (χ2n) is 7.84. The molecule has 1 aliphatic heterocycles. The van der Waals surface area contributed by atoms with Crippen molar-refractivity contribution in [1.29, 1.82) is 0 Å². The quantitative estimate of drug-likeness (QED) is 0.760. The van der Waals surface area contributed by atoms with Crippen LogP contribution in [-0.4, -0.2) is 44.9 Å². The van der Waals surface area contributed by atoms with Crippen molar-refractivity contribution in [2.45, 2.75) is 43.7 Å². The number of carbonyl (C=O) groups excluding carboxylic acids is 1. The largest absolute Gasteiger partial charge is 0.342 e. The highest BCUT2D eigenvalue weighted by Gasteiger charge is 2.31. The number of benzene rings is 1. The molecular weight excluding hydrogens is 356 g/mol. The molecule has 1 aliphatic carbocycles. The van der Waals surface area contributed by atoms with Crippen molar-refractivity contribution in [3.05, 3.63) is 41.2 Å². The molecule has 1 saturated heterocycles. The van der Waals surface area contributed by atoms with Crippen molar-refractivity contribution >= 4 is 17.7 Å². The van der Waals surface area contributed by atoms with E-state index in [1.165, 1.54) is 11.1 Å². The standard InChI is InChI=1S/C21H28N4OS/c1-24-19(22-23-21(24)27-2)13-15-9-11-25(12-10-15)20(26)18-8-7-16-5-3-4-6-17(16)14-18/h3-6,15,18H,7-14H2,1-2H3/t18-/m0/s1. The molecule has 1 fully saturated rings. The van der Waals surface area contributed by atoms with Crippen LogP contribution in [0.3, 0.4) is 0 Å². The third kappa shape index (κ3) is 3.91. The van der Waals surface area contributed by atoms with Gasteiger partial charge in [-0.3, -0.25) is 4.79 Å². The van der Waals surface area contributed by atoms with Gasteiger partial charge in [0, 0.05) is 32.5 Å². The van der Waals surface area contributed by atoms with Gasteiger partial charge in [-0.05, 0) is 55.4 Å². The first-order chi connectivity index (χ1) is 13.2. The lowest BCUT2D eigenvalue weighted by atomic mass is 9.82. The molecule has 1 aromatic heterocycles. The Balaban J connectivity index is 1.31. The number of hydrogen-bond donors (Lipinski definition) is 0. The smallest absolute Gasteiger partial charge is 0.226 e. The first kappa shape index (κ1) is 18.5. The Bertz CT molecular complexity index is 810. The van der Waals surface area contributed by atoms with Crippen LogP contribution < -0.4 is 0 Å². The number of fused-ring (bicyclic) bond motifs is 1. The molecule has 144 valence electrons. The highest BCUT2D eigenvalue weighted by atomic mass is 32.2. The van der Waals surface area contributed by atoms with E-state index in [0.29, 0.717) is 11.8 Å². The Morgan fingerprint density at radius 1 is 1.15 bits per heavy atom. The molecule has 2 aromatic rings. The number of rotatable bonds is 4. The van der Waals surface area contributed by atoms with Gasteiger partial charge in [-0.25, -0.2) is 0 Å². The number of hydrogen-bond acceptors (Lipinski definition) is 4. The third-order valence-corrected chi connectivity index (χ3v) is 6.92. The highest BCUT2D eigenvalue weighted by molar-refractivity contribution is 7.98. The maximum Gasteiger partial charge on any atom is 0.226 e. The fourth-order valence-electron chi connectivity index (χ4n) is 4.48. The van der Waals surface area contributed by atoms with E-state index in [4.69, 9.17) is 0 Å². The van der Waals surface area contributed by atoms with E-state index in [1.807, 2.05) is 13.3 Å². The summed E-state index contributed by atoms with van der Waals surface area (Å²) < 4.78 is 2.10. The predicted molar refractivity (Wildman–Crippen MR) is 108 cm³/mol. The molecule has 0 spiro atoms. The topological polar surface area (TPSA) is 51.0 Å². The number of aryl methyl sites for hydroxylation is 1. The molecule has 1 aromatic carbocycles. The van der Waals surface area contributed by atoms with E-state index >= 15 is 0 Å². The summed E-state index contributed by atoms with van der Waals surface area (Å²) in [6.45, 7) is 1.77. The first-order valence-corrected chi connectivity index (χ1v) is 11.2. The Morgan fingerprint density at radius 2 is 1.89 bits per heavy atom. The molecule has 27 heavy (non-hydrogen) atoms. The number of thioether (sulfide) groups is 1. The molecule has 1 atom stereocenters. The van der Waals surface area contributed by atoms with E-state index in [0.717, 1.165) is 62.6 Å². The minimum Gasteiger partial charge on any atom is -0.342 e. The van der Waals surface area contributed by atoms with Crippen molar-refractivity contribution < 1.29 is 4.79 Å². The molecule has 1 amide bonds. The van der Waals surface area contributed by atoms with Crippen molar-refractivity contribution in [2.24, 2.45) is 18.9 Å². The van der Waals surface area contributed by atoms with Crippen LogP contribution in [0.25, 0.3) is 0 Å². The van der Waals surface area contributed by atoms with Crippen LogP contribution in [0.5, 0.6) is 0 Å². The van der Waals surface area contributed by atoms with Crippen LogP contribution in [0.15, 0.2) is 29.4 Å². The van der Waals surface area contributed by atoms with Crippen LogP contribution in [0, 0.1) is 11.8 Å². The molecule has 4 rings (SSSR count). The predicted octanol–water partition coefficient (Wildman–Crippen LogP) is 3.12. The fourth-order valence-corrected chi connectivity index (χ4v) is 4.98. The van der Waals surface area contributed by atoms with Crippen molar-refractivity contribution in [1.82, 2.24) is 19.7 Å². The van der Waals surface area contributed by atoms with E-state index in [9.17, 15) is 4.79 Å². The molecule has 6 heteroatoms. The summed E-state index contributed by atoms with van der Waals surface area (Å²) >= 11 is 1.63. The normalized spacial score (nSPS) is 20.5. The Labute approximate surface area is 165 Å². The van der Waals surface area contributed by atoms with Gasteiger partial charge in [-0.15, -0.1) is 10.2 Å². The lowest BCUT2D eigenvalue weighted by molar-refractivity contribution is -0.137. The average Bonchev–Trinajstić information content (AvgIpc) is 3.07. The van der Waals surface area contributed by atoms with E-state index in [2.05, 4.69) is 43.9 Å². The van der Waals surface area contributed by atoms with Gasteiger partial charge in [0.1, 0.15) is 5.82 Å². The van der Waals surface area contributed by atoms with Crippen molar-refractivity contribution in [3.63, 3.8) is 0 Å². The molecule has 2 heterocycles. The Morgan fingerprint density at radius 3 is 2.59 bits per heavy atom. The number of carbonyl (C=O) groups is 1. The molecule has 0 bridgehead atoms. The second kappa shape index (κ2) is 8.05. The minimum atomic E-state index is 0.166. The van der Waals surface area contributed by atoms with Gasteiger partial charge < -0.3 is 9.47 Å². The van der Waals surface area contributed by atoms with Crippen LogP contribution in [0.2, 0.25) is 0 Å². The summed E-state index contributed by atoms with van der Waals surface area (Å²) in [5.41, 5.74) is 2.79. The zero-order valence-corrected chi connectivity index (χ0v) is 17.0. The Kier molecular flexibility index (Phi) is 5.53. The van der Waals surface area contributed by atoms with Gasteiger partial charge in [0.05, 0.1) is 0 Å². The second-order valence-corrected chi connectivity index (χ2v) is 8.62. The molecule has 2 aliphatic rings. The lowest BCUT2D eigenvalue weighted by Crippen LogP contribution is -2.43. The van der Waals surface area contributed by atoms with Gasteiger partial charge in [-0.2, -0.15) is 0 Å². The summed E-state index contributed by atoms with van der Waals surface area (Å²) in [4.78, 5) is 15.1. The van der Waals surface area contributed by atoms with Gasteiger partial charge in [0.15, 0.2) is 5.16 Å². The molecule has 0 unspecified atom stereocenters. The molecule has 0 N–H and O–H groups in total. The van der Waals surface area contributed by atoms with Gasteiger partial charge in [0.25, 0.3) is 0 Å². The average molecular weight is 385 g/mol. The maximum atomic E-state index is 13.0. The summed E-state index contributed by atoms with van der Waals surface area (Å²) in [7, 11) is 2.04. The first-order valence-electron chi connectivity index (χ1n) is 9.93. The van der Waals surface area contributed by atoms with Crippen molar-refractivity contribution in [3.8, 4) is 0 Å². The van der Waals surface area contributed by atoms with Crippen LogP contribution in [0.1, 0.15) is 36.2 Å². The number of aromatic nitrogens is 3. The van der Waals surface area contributed by atoms with Gasteiger partial charge >= 0.3 is 0 Å². The zero-order chi connectivity index (χ0) is 18.8. The van der Waals surface area contributed by atoms with Crippen LogP contribution in [0.4, 0.5) is 0 Å². The summed E-state index contributed by atoms with van der Waals surface area (Å²) in [6, 6.07) is 8.58. The molecule has 0 radical (unpaired) electrons. The van der Waals surface area contributed by atoms with Crippen molar-refractivity contribution in [2.75, 3.05) is 19.3 Å². The zero-order valence-electron chi connectivity index (χ0n) is 16.2. The van der Waals surface area contributed by atoms with Gasteiger partial charge in [0.2, 0.25) is 5.91 Å². The third-order valence-electron chi connectivity index (χ3n) is 6.20. The van der Waals surface area contributed by atoms with E-state index < -0.39 is 0 Å². The maximum absolute atomic E-state index is 13.0. The Hall–Kier alpha value is -1.82. The SMILES string of the molecule is CSc1nnc(CC2CCN(C(=O)[C@H]3CCc4ccccc4C3)CC2)n1C. The monoisotopic (exact) mass is 384 g/mol. The highest BCUT2D eigenvalue weighted by Crippen LogP contribution is 2.29. The van der Waals surface area contributed by atoms with E-state index in [-0.39, 0.29) is 5.92 Å².